The summed E-state index contributed by atoms with van der Waals surface area (Å²) in [5, 5.41) is 0. The van der Waals surface area contributed by atoms with Gasteiger partial charge >= 0.3 is 0 Å². The fourth-order valence-corrected chi connectivity index (χ4v) is 3.65. The van der Waals surface area contributed by atoms with E-state index in [-0.39, 0.29) is 17.9 Å². The molecule has 0 radical (unpaired) electrons. The summed E-state index contributed by atoms with van der Waals surface area (Å²) in [4.78, 5) is 14.7. The van der Waals surface area contributed by atoms with Gasteiger partial charge in [-0.3, -0.25) is 4.79 Å². The molecule has 3 rings (SSSR count). The Kier molecular flexibility index (Phi) is 5.06. The molecule has 0 bridgehead atoms. The van der Waals surface area contributed by atoms with Crippen molar-refractivity contribution < 1.29 is 14.3 Å². The van der Waals surface area contributed by atoms with Gasteiger partial charge in [-0.1, -0.05) is 18.6 Å². The quantitative estimate of drug-likeness (QED) is 0.902. The zero-order valence-corrected chi connectivity index (χ0v) is 13.7. The van der Waals surface area contributed by atoms with Gasteiger partial charge in [0.2, 0.25) is 5.91 Å². The molecule has 3 atom stereocenters. The zero-order valence-electron chi connectivity index (χ0n) is 13.7. The lowest BCUT2D eigenvalue weighted by atomic mass is 9.94. The van der Waals surface area contributed by atoms with Crippen LogP contribution in [-0.2, 0) is 4.79 Å². The van der Waals surface area contributed by atoms with Gasteiger partial charge in [-0.15, -0.1) is 0 Å². The van der Waals surface area contributed by atoms with Crippen LogP contribution in [0.1, 0.15) is 26.2 Å². The van der Waals surface area contributed by atoms with Gasteiger partial charge in [0.15, 0.2) is 17.6 Å². The molecular weight excluding hydrogens is 292 g/mol. The Morgan fingerprint density at radius 2 is 2.09 bits per heavy atom. The Morgan fingerprint density at radius 1 is 1.30 bits per heavy atom. The number of benzene rings is 1. The summed E-state index contributed by atoms with van der Waals surface area (Å²) in [6.07, 6.45) is 3.02. The minimum Gasteiger partial charge on any atom is -0.486 e. The molecule has 1 unspecified atom stereocenters. The third kappa shape index (κ3) is 3.44. The van der Waals surface area contributed by atoms with E-state index >= 15 is 0 Å². The maximum absolute atomic E-state index is 12.8. The third-order valence-corrected chi connectivity index (χ3v) is 4.96. The molecular formula is C18H26N2O3. The Labute approximate surface area is 137 Å². The highest BCUT2D eigenvalue weighted by atomic mass is 16.6. The summed E-state index contributed by atoms with van der Waals surface area (Å²) in [6, 6.07) is 7.66. The predicted octanol–water partition coefficient (Wildman–Crippen LogP) is 2.05. The molecule has 0 saturated heterocycles. The number of hydrogen-bond donors (Lipinski definition) is 1. The molecule has 0 aromatic heterocycles. The number of hydrogen-bond acceptors (Lipinski definition) is 4. The molecule has 1 aromatic carbocycles. The number of ether oxygens (including phenoxy) is 2. The third-order valence-electron chi connectivity index (χ3n) is 4.96. The Bertz CT molecular complexity index is 549. The molecule has 1 fully saturated rings. The second kappa shape index (κ2) is 7.21. The van der Waals surface area contributed by atoms with Crippen molar-refractivity contribution >= 4 is 5.91 Å². The molecule has 5 heteroatoms. The van der Waals surface area contributed by atoms with Gasteiger partial charge in [-0.2, -0.15) is 0 Å². The first kappa shape index (κ1) is 16.1. The van der Waals surface area contributed by atoms with Crippen LogP contribution < -0.4 is 15.2 Å². The molecule has 1 amide bonds. The molecule has 1 heterocycles. The van der Waals surface area contributed by atoms with Crippen LogP contribution in [-0.4, -0.2) is 43.2 Å². The van der Waals surface area contributed by atoms with Crippen LogP contribution in [0, 0.1) is 11.8 Å². The summed E-state index contributed by atoms with van der Waals surface area (Å²) in [5.41, 5.74) is 5.83. The molecule has 1 aromatic rings. The number of para-hydroxylation sites is 2. The van der Waals surface area contributed by atoms with E-state index in [9.17, 15) is 4.79 Å². The number of nitrogens with zero attached hydrogens (tertiary/aromatic N) is 1. The van der Waals surface area contributed by atoms with E-state index in [1.54, 1.807) is 0 Å². The lowest BCUT2D eigenvalue weighted by Gasteiger charge is -2.33. The average molecular weight is 318 g/mol. The minimum atomic E-state index is -0.119. The van der Waals surface area contributed by atoms with Crippen molar-refractivity contribution in [2.24, 2.45) is 17.6 Å². The second-order valence-electron chi connectivity index (χ2n) is 6.41. The van der Waals surface area contributed by atoms with Crippen LogP contribution >= 0.6 is 0 Å². The van der Waals surface area contributed by atoms with Crippen LogP contribution in [0.25, 0.3) is 0 Å². The first-order valence-corrected chi connectivity index (χ1v) is 8.60. The van der Waals surface area contributed by atoms with Gasteiger partial charge in [-0.05, 0) is 44.4 Å². The summed E-state index contributed by atoms with van der Waals surface area (Å²) >= 11 is 0. The predicted molar refractivity (Wildman–Crippen MR) is 88.5 cm³/mol. The van der Waals surface area contributed by atoms with Crippen molar-refractivity contribution in [3.63, 3.8) is 0 Å². The molecule has 5 nitrogen and oxygen atoms in total. The van der Waals surface area contributed by atoms with E-state index in [2.05, 4.69) is 0 Å². The SMILES string of the molecule is CCN(CC1COc2ccccc2O1)C(=O)[C@@H]1CCC[C@@H]1CN. The van der Waals surface area contributed by atoms with Crippen molar-refractivity contribution in [3.8, 4) is 11.5 Å². The topological polar surface area (TPSA) is 64.8 Å². The fraction of sp³-hybridized carbons (Fsp3) is 0.611. The van der Waals surface area contributed by atoms with Crippen LogP contribution in [0.15, 0.2) is 24.3 Å². The highest BCUT2D eigenvalue weighted by Crippen LogP contribution is 2.33. The molecule has 2 N–H and O–H groups in total. The van der Waals surface area contributed by atoms with Crippen molar-refractivity contribution in [3.05, 3.63) is 24.3 Å². The molecule has 23 heavy (non-hydrogen) atoms. The highest BCUT2D eigenvalue weighted by Gasteiger charge is 2.35. The molecule has 1 saturated carbocycles. The highest BCUT2D eigenvalue weighted by molar-refractivity contribution is 5.79. The van der Waals surface area contributed by atoms with E-state index in [0.717, 1.165) is 30.8 Å². The Hall–Kier alpha value is -1.75. The maximum atomic E-state index is 12.8. The van der Waals surface area contributed by atoms with Gasteiger partial charge in [-0.25, -0.2) is 0 Å². The van der Waals surface area contributed by atoms with E-state index < -0.39 is 0 Å². The normalized spacial score (nSPS) is 26.1. The van der Waals surface area contributed by atoms with Gasteiger partial charge in [0.25, 0.3) is 0 Å². The van der Waals surface area contributed by atoms with Crippen molar-refractivity contribution in [1.82, 2.24) is 4.90 Å². The fourth-order valence-electron chi connectivity index (χ4n) is 3.65. The van der Waals surface area contributed by atoms with Gasteiger partial charge in [0.1, 0.15) is 6.61 Å². The molecule has 2 aliphatic rings. The first-order chi connectivity index (χ1) is 11.2. The van der Waals surface area contributed by atoms with Crippen LogP contribution in [0.4, 0.5) is 0 Å². The van der Waals surface area contributed by atoms with Crippen LogP contribution in [0.3, 0.4) is 0 Å². The summed E-state index contributed by atoms with van der Waals surface area (Å²) < 4.78 is 11.7. The number of amides is 1. The molecule has 1 aliphatic carbocycles. The van der Waals surface area contributed by atoms with Crippen LogP contribution in [0.5, 0.6) is 11.5 Å². The van der Waals surface area contributed by atoms with Gasteiger partial charge in [0, 0.05) is 12.5 Å². The molecule has 0 spiro atoms. The number of carbonyl (C=O) groups is 1. The number of nitrogens with two attached hydrogens (primary N) is 1. The summed E-state index contributed by atoms with van der Waals surface area (Å²) in [7, 11) is 0. The number of likely N-dealkylation sites (N-methyl/N-ethyl adjacent to an activating group) is 1. The van der Waals surface area contributed by atoms with E-state index in [4.69, 9.17) is 15.2 Å². The van der Waals surface area contributed by atoms with E-state index in [0.29, 0.717) is 32.2 Å². The first-order valence-electron chi connectivity index (χ1n) is 8.60. The van der Waals surface area contributed by atoms with Crippen molar-refractivity contribution in [2.75, 3.05) is 26.2 Å². The largest absolute Gasteiger partial charge is 0.486 e. The average Bonchev–Trinajstić information content (AvgIpc) is 3.07. The lowest BCUT2D eigenvalue weighted by Crippen LogP contribution is -2.46. The maximum Gasteiger partial charge on any atom is 0.226 e. The summed E-state index contributed by atoms with van der Waals surface area (Å²) in [6.45, 7) is 4.35. The second-order valence-corrected chi connectivity index (χ2v) is 6.41. The summed E-state index contributed by atoms with van der Waals surface area (Å²) in [5.74, 6) is 2.17. The van der Waals surface area contributed by atoms with E-state index in [1.807, 2.05) is 36.1 Å². The zero-order chi connectivity index (χ0) is 16.2. The van der Waals surface area contributed by atoms with Crippen molar-refractivity contribution in [1.29, 1.82) is 0 Å². The number of rotatable bonds is 5. The lowest BCUT2D eigenvalue weighted by molar-refractivity contribution is -0.138. The van der Waals surface area contributed by atoms with Crippen molar-refractivity contribution in [2.45, 2.75) is 32.3 Å². The molecule has 1 aliphatic heterocycles. The minimum absolute atomic E-state index is 0.0803. The number of carbonyl (C=O) groups excluding carboxylic acids is 1. The van der Waals surface area contributed by atoms with E-state index in [1.165, 1.54) is 0 Å². The Morgan fingerprint density at radius 3 is 2.83 bits per heavy atom. The van der Waals surface area contributed by atoms with Crippen LogP contribution in [0.2, 0.25) is 0 Å². The standard InChI is InChI=1S/C18H26N2O3/c1-2-20(18(21)15-7-5-6-13(15)10-19)11-14-12-22-16-8-3-4-9-17(16)23-14/h3-4,8-9,13-15H,2,5-7,10-12,19H2,1H3/t13-,14?,15-/m1/s1. The smallest absolute Gasteiger partial charge is 0.226 e. The van der Waals surface area contributed by atoms with Gasteiger partial charge < -0.3 is 20.1 Å². The molecule has 126 valence electrons. The monoisotopic (exact) mass is 318 g/mol. The Balaban J connectivity index is 1.63. The number of fused-ring (bicyclic) bond motifs is 1. The van der Waals surface area contributed by atoms with Gasteiger partial charge in [0.05, 0.1) is 6.54 Å².